The highest BCUT2D eigenvalue weighted by atomic mass is 15.2. The molecule has 0 aromatic heterocycles. The Morgan fingerprint density at radius 3 is 1.71 bits per heavy atom. The molecule has 2 heteroatoms. The molecule has 4 aliphatic rings. The summed E-state index contributed by atoms with van der Waals surface area (Å²) in [5.74, 6) is 0. The average molecular weight is 837 g/mol. The normalized spacial score (nSPS) is 17.4. The van der Waals surface area contributed by atoms with Crippen molar-refractivity contribution >= 4 is 72.9 Å². The van der Waals surface area contributed by atoms with Crippen LogP contribution in [0.1, 0.15) is 93.3 Å². The van der Waals surface area contributed by atoms with Gasteiger partial charge in [-0.1, -0.05) is 181 Å². The van der Waals surface area contributed by atoms with Crippen LogP contribution in [0, 0.1) is 0 Å². The second-order valence-corrected chi connectivity index (χ2v) is 20.4. The van der Waals surface area contributed by atoms with E-state index in [-0.39, 0.29) is 16.2 Å². The van der Waals surface area contributed by atoms with E-state index in [9.17, 15) is 0 Å². The van der Waals surface area contributed by atoms with Gasteiger partial charge in [-0.3, -0.25) is 0 Å². The van der Waals surface area contributed by atoms with Gasteiger partial charge in [0.15, 0.2) is 0 Å². The molecule has 0 bridgehead atoms. The largest absolute Gasteiger partial charge is 0.310 e. The van der Waals surface area contributed by atoms with Gasteiger partial charge in [-0.05, 0) is 138 Å². The predicted molar refractivity (Wildman–Crippen MR) is 277 cm³/mol. The lowest BCUT2D eigenvalue weighted by atomic mass is 9.70. The van der Waals surface area contributed by atoms with Gasteiger partial charge in [0.05, 0.1) is 22.7 Å². The smallest absolute Gasteiger partial charge is 0.0540 e. The molecule has 0 N–H and O–H groups in total. The summed E-state index contributed by atoms with van der Waals surface area (Å²) in [7, 11) is 0. The molecule has 0 saturated heterocycles. The lowest BCUT2D eigenvalue weighted by molar-refractivity contribution is 0.570. The van der Waals surface area contributed by atoms with Crippen molar-refractivity contribution in [2.45, 2.75) is 70.6 Å². The number of allylic oxidation sites excluding steroid dienone is 3. The summed E-state index contributed by atoms with van der Waals surface area (Å²) in [5.41, 5.74) is 20.9. The number of benzene rings is 9. The Bertz CT molecular complexity index is 3540. The van der Waals surface area contributed by atoms with Crippen LogP contribution in [0.25, 0.3) is 55.6 Å². The van der Waals surface area contributed by atoms with Crippen molar-refractivity contribution in [2.75, 3.05) is 9.80 Å². The van der Waals surface area contributed by atoms with Crippen molar-refractivity contribution in [1.29, 1.82) is 0 Å². The Kier molecular flexibility index (Phi) is 7.92. The van der Waals surface area contributed by atoms with Crippen molar-refractivity contribution in [3.05, 3.63) is 220 Å². The number of fused-ring (bicyclic) bond motifs is 6. The Morgan fingerprint density at radius 2 is 1.00 bits per heavy atom. The highest BCUT2D eigenvalue weighted by molar-refractivity contribution is 6.27. The summed E-state index contributed by atoms with van der Waals surface area (Å²) in [6.07, 6.45) is 11.6. The molecular formula is C63H52N2. The SMILES string of the molecule is CC1(C)C2=C(C=CCC2)N(c2ccc3c(c2)C(C)(C)c2cc(/C=C/c4ccc5ccc6c(N7c8ccccc8C(C)(C)c8ccccc87)ccc7ccc4c5c76)ccc2-3)c2ccccc21. The fourth-order valence-electron chi connectivity index (χ4n) is 12.5. The van der Waals surface area contributed by atoms with Gasteiger partial charge in [-0.2, -0.15) is 0 Å². The third kappa shape index (κ3) is 5.29. The highest BCUT2D eigenvalue weighted by Crippen LogP contribution is 2.56. The molecule has 0 unspecified atom stereocenters. The summed E-state index contributed by atoms with van der Waals surface area (Å²) < 4.78 is 0. The molecule has 0 saturated carbocycles. The number of rotatable bonds is 4. The van der Waals surface area contributed by atoms with Crippen LogP contribution >= 0.6 is 0 Å². The molecule has 9 aromatic rings. The van der Waals surface area contributed by atoms with E-state index in [4.69, 9.17) is 0 Å². The number of anilines is 5. The lowest BCUT2D eigenvalue weighted by Crippen LogP contribution is -2.34. The number of hydrogen-bond donors (Lipinski definition) is 0. The molecule has 13 rings (SSSR count). The van der Waals surface area contributed by atoms with Crippen molar-refractivity contribution < 1.29 is 0 Å². The van der Waals surface area contributed by atoms with E-state index in [2.05, 4.69) is 233 Å². The summed E-state index contributed by atoms with van der Waals surface area (Å²) in [6.45, 7) is 14.3. The minimum absolute atomic E-state index is 0.00372. The predicted octanol–water partition coefficient (Wildman–Crippen LogP) is 17.2. The first kappa shape index (κ1) is 38.3. The Balaban J connectivity index is 0.877. The molecule has 0 radical (unpaired) electrons. The Labute approximate surface area is 382 Å². The fourth-order valence-corrected chi connectivity index (χ4v) is 12.5. The van der Waals surface area contributed by atoms with Crippen LogP contribution in [0.2, 0.25) is 0 Å². The topological polar surface area (TPSA) is 6.48 Å². The lowest BCUT2D eigenvalue weighted by Gasteiger charge is -2.44. The average Bonchev–Trinajstić information content (AvgIpc) is 3.55. The monoisotopic (exact) mass is 836 g/mol. The van der Waals surface area contributed by atoms with E-state index in [1.807, 2.05) is 0 Å². The van der Waals surface area contributed by atoms with Crippen LogP contribution in [0.3, 0.4) is 0 Å². The minimum atomic E-state index is -0.158. The molecule has 65 heavy (non-hydrogen) atoms. The molecule has 2 aliphatic heterocycles. The van der Waals surface area contributed by atoms with Crippen LogP contribution < -0.4 is 9.80 Å². The van der Waals surface area contributed by atoms with Gasteiger partial charge >= 0.3 is 0 Å². The van der Waals surface area contributed by atoms with E-state index in [0.29, 0.717) is 0 Å². The van der Waals surface area contributed by atoms with E-state index < -0.39 is 0 Å². The van der Waals surface area contributed by atoms with Gasteiger partial charge < -0.3 is 9.80 Å². The zero-order valence-electron chi connectivity index (χ0n) is 38.1. The van der Waals surface area contributed by atoms with Crippen molar-refractivity contribution in [3.63, 3.8) is 0 Å². The molecule has 0 fully saturated rings. The first-order chi connectivity index (χ1) is 31.5. The summed E-state index contributed by atoms with van der Waals surface area (Å²) >= 11 is 0. The van der Waals surface area contributed by atoms with Gasteiger partial charge in [0.1, 0.15) is 0 Å². The van der Waals surface area contributed by atoms with Crippen molar-refractivity contribution in [2.24, 2.45) is 0 Å². The van der Waals surface area contributed by atoms with Crippen LogP contribution in [0.5, 0.6) is 0 Å². The van der Waals surface area contributed by atoms with Gasteiger partial charge in [0, 0.05) is 33.0 Å². The number of nitrogens with zero attached hydrogens (tertiary/aromatic N) is 2. The maximum absolute atomic E-state index is 2.53. The molecule has 0 spiro atoms. The van der Waals surface area contributed by atoms with E-state index in [1.165, 1.54) is 122 Å². The molecule has 2 nitrogen and oxygen atoms in total. The first-order valence-corrected chi connectivity index (χ1v) is 23.5. The molecule has 2 aliphatic carbocycles. The molecule has 0 atom stereocenters. The van der Waals surface area contributed by atoms with E-state index in [1.54, 1.807) is 0 Å². The zero-order chi connectivity index (χ0) is 44.0. The second-order valence-electron chi connectivity index (χ2n) is 20.4. The van der Waals surface area contributed by atoms with Crippen LogP contribution in [0.15, 0.2) is 181 Å². The maximum Gasteiger partial charge on any atom is 0.0540 e. The number of hydrogen-bond acceptors (Lipinski definition) is 2. The van der Waals surface area contributed by atoms with Crippen LogP contribution in [0.4, 0.5) is 28.4 Å². The van der Waals surface area contributed by atoms with E-state index >= 15 is 0 Å². The van der Waals surface area contributed by atoms with Crippen LogP contribution in [-0.4, -0.2) is 0 Å². The summed E-state index contributed by atoms with van der Waals surface area (Å²) in [6, 6.07) is 59.8. The Morgan fingerprint density at radius 1 is 0.446 bits per heavy atom. The quantitative estimate of drug-likeness (QED) is 0.129. The number of para-hydroxylation sites is 3. The first-order valence-electron chi connectivity index (χ1n) is 23.5. The van der Waals surface area contributed by atoms with Crippen LogP contribution in [-0.2, 0) is 16.2 Å². The highest BCUT2D eigenvalue weighted by Gasteiger charge is 2.41. The second kappa shape index (κ2) is 13.4. The Hall–Kier alpha value is -7.16. The van der Waals surface area contributed by atoms with Gasteiger partial charge in [0.25, 0.3) is 0 Å². The van der Waals surface area contributed by atoms with Crippen molar-refractivity contribution in [3.8, 4) is 11.1 Å². The third-order valence-corrected chi connectivity index (χ3v) is 15.9. The third-order valence-electron chi connectivity index (χ3n) is 15.9. The van der Waals surface area contributed by atoms with Crippen molar-refractivity contribution in [1.82, 2.24) is 0 Å². The maximum atomic E-state index is 2.53. The summed E-state index contributed by atoms with van der Waals surface area (Å²) in [4.78, 5) is 5.04. The standard InChI is InChI=1S/C63H52N2/c1-61(2)48-15-7-11-19-55(48)64(56-20-12-8-16-49(56)61)43-31-35-46-45-32-24-39(37-52(45)63(5,6)53(46)38-43)23-25-40-26-27-41-29-34-47-54(36-30-42-28-33-44(40)59(41)60(42)47)65-57-21-13-9-17-50(57)62(3,4)51-18-10-14-22-58(51)65/h7,9-15,17-38H,8,16H2,1-6H3/b25-23+. The zero-order valence-corrected chi connectivity index (χ0v) is 38.1. The molecule has 0 amide bonds. The summed E-state index contributed by atoms with van der Waals surface area (Å²) in [5, 5.41) is 7.75. The fraction of sp³-hybridized carbons (Fsp3) is 0.175. The molecular weight excluding hydrogens is 785 g/mol. The molecule has 2 heterocycles. The van der Waals surface area contributed by atoms with Gasteiger partial charge in [-0.25, -0.2) is 0 Å². The minimum Gasteiger partial charge on any atom is -0.310 e. The molecule has 9 aromatic carbocycles. The molecule has 314 valence electrons. The van der Waals surface area contributed by atoms with E-state index in [0.717, 1.165) is 12.8 Å². The van der Waals surface area contributed by atoms with Gasteiger partial charge in [0.2, 0.25) is 0 Å². The van der Waals surface area contributed by atoms with Gasteiger partial charge in [-0.15, -0.1) is 0 Å².